The SMILES string of the molecule is CC(C)CCOP(C)(=O)C(C)(C)C. The molecular formula is C10H23O2P. The van der Waals surface area contributed by atoms with Gasteiger partial charge in [-0.1, -0.05) is 34.6 Å². The maximum Gasteiger partial charge on any atom is 0.205 e. The van der Waals surface area contributed by atoms with Crippen LogP contribution in [0.3, 0.4) is 0 Å². The maximum absolute atomic E-state index is 12.0. The zero-order chi connectivity index (χ0) is 10.7. The molecule has 1 atom stereocenters. The predicted octanol–water partition coefficient (Wildman–Crippen LogP) is 3.76. The molecule has 0 N–H and O–H groups in total. The zero-order valence-corrected chi connectivity index (χ0v) is 10.6. The summed E-state index contributed by atoms with van der Waals surface area (Å²) >= 11 is 0. The Morgan fingerprint density at radius 3 is 2.08 bits per heavy atom. The average Bonchev–Trinajstić information content (AvgIpc) is 1.82. The summed E-state index contributed by atoms with van der Waals surface area (Å²) in [5, 5.41) is -0.232. The van der Waals surface area contributed by atoms with E-state index in [9.17, 15) is 4.57 Å². The minimum absolute atomic E-state index is 0.232. The first kappa shape index (κ1) is 13.2. The van der Waals surface area contributed by atoms with Gasteiger partial charge in [0.15, 0.2) is 0 Å². The second-order valence-electron chi connectivity index (χ2n) is 5.03. The van der Waals surface area contributed by atoms with Crippen molar-refractivity contribution in [2.45, 2.75) is 46.2 Å². The van der Waals surface area contributed by atoms with E-state index in [0.717, 1.165) is 6.42 Å². The standard InChI is InChI=1S/C10H23O2P/c1-9(2)7-8-12-13(6,11)10(3,4)5/h9H,7-8H2,1-6H3. The van der Waals surface area contributed by atoms with Crippen molar-refractivity contribution in [3.63, 3.8) is 0 Å². The Labute approximate surface area is 82.5 Å². The van der Waals surface area contributed by atoms with Gasteiger partial charge in [0, 0.05) is 11.8 Å². The minimum atomic E-state index is -2.43. The highest BCUT2D eigenvalue weighted by molar-refractivity contribution is 7.59. The average molecular weight is 206 g/mol. The van der Waals surface area contributed by atoms with Crippen molar-refractivity contribution < 1.29 is 9.09 Å². The molecule has 0 bridgehead atoms. The van der Waals surface area contributed by atoms with Gasteiger partial charge in [-0.2, -0.15) is 0 Å². The van der Waals surface area contributed by atoms with E-state index in [4.69, 9.17) is 4.52 Å². The second-order valence-corrected chi connectivity index (χ2v) is 8.32. The quantitative estimate of drug-likeness (QED) is 0.655. The fraction of sp³-hybridized carbons (Fsp3) is 1.00. The van der Waals surface area contributed by atoms with Crippen LogP contribution in [0.1, 0.15) is 41.0 Å². The summed E-state index contributed by atoms with van der Waals surface area (Å²) in [6.45, 7) is 12.5. The van der Waals surface area contributed by atoms with Gasteiger partial charge in [0.2, 0.25) is 7.37 Å². The van der Waals surface area contributed by atoms with Crippen LogP contribution in [0, 0.1) is 5.92 Å². The summed E-state index contributed by atoms with van der Waals surface area (Å²) in [7, 11) is -2.43. The van der Waals surface area contributed by atoms with Gasteiger partial charge in [-0.05, 0) is 12.3 Å². The Hall–Kier alpha value is 0.190. The molecule has 0 saturated heterocycles. The van der Waals surface area contributed by atoms with Crippen molar-refractivity contribution in [2.24, 2.45) is 5.92 Å². The molecule has 0 aliphatic heterocycles. The third-order valence-corrected chi connectivity index (χ3v) is 5.36. The molecule has 13 heavy (non-hydrogen) atoms. The monoisotopic (exact) mass is 206 g/mol. The van der Waals surface area contributed by atoms with Crippen LogP contribution < -0.4 is 0 Å². The Bertz CT molecular complexity index is 192. The van der Waals surface area contributed by atoms with E-state index in [2.05, 4.69) is 13.8 Å². The molecule has 0 amide bonds. The van der Waals surface area contributed by atoms with Crippen LogP contribution in [-0.2, 0) is 9.09 Å². The fourth-order valence-corrected chi connectivity index (χ4v) is 1.50. The molecule has 0 aromatic carbocycles. The molecule has 2 nitrogen and oxygen atoms in total. The molecule has 0 aromatic heterocycles. The van der Waals surface area contributed by atoms with Crippen LogP contribution in [-0.4, -0.2) is 18.4 Å². The lowest BCUT2D eigenvalue weighted by Gasteiger charge is -2.27. The van der Waals surface area contributed by atoms with Crippen molar-refractivity contribution in [2.75, 3.05) is 13.3 Å². The summed E-state index contributed by atoms with van der Waals surface area (Å²) in [6.07, 6.45) is 0.980. The molecule has 0 fully saturated rings. The summed E-state index contributed by atoms with van der Waals surface area (Å²) in [5.41, 5.74) is 0. The molecule has 0 spiro atoms. The van der Waals surface area contributed by atoms with Gasteiger partial charge in [-0.15, -0.1) is 0 Å². The summed E-state index contributed by atoms with van der Waals surface area (Å²) in [4.78, 5) is 0. The molecule has 80 valence electrons. The Kier molecular flexibility index (Phi) is 4.68. The Morgan fingerprint density at radius 1 is 1.31 bits per heavy atom. The van der Waals surface area contributed by atoms with E-state index in [-0.39, 0.29) is 5.16 Å². The van der Waals surface area contributed by atoms with E-state index in [0.29, 0.717) is 12.5 Å². The van der Waals surface area contributed by atoms with Gasteiger partial charge >= 0.3 is 0 Å². The lowest BCUT2D eigenvalue weighted by Crippen LogP contribution is -2.16. The molecule has 0 aliphatic rings. The molecule has 0 aliphatic carbocycles. The first-order chi connectivity index (χ1) is 5.67. The van der Waals surface area contributed by atoms with Crippen LogP contribution in [0.5, 0.6) is 0 Å². The summed E-state index contributed by atoms with van der Waals surface area (Å²) in [5.74, 6) is 0.611. The van der Waals surface area contributed by atoms with Crippen molar-refractivity contribution in [1.82, 2.24) is 0 Å². The molecule has 1 unspecified atom stereocenters. The van der Waals surface area contributed by atoms with E-state index in [1.54, 1.807) is 6.66 Å². The number of hydrogen-bond donors (Lipinski definition) is 0. The van der Waals surface area contributed by atoms with E-state index < -0.39 is 7.37 Å². The largest absolute Gasteiger partial charge is 0.328 e. The number of rotatable bonds is 4. The van der Waals surface area contributed by atoms with E-state index >= 15 is 0 Å². The summed E-state index contributed by atoms with van der Waals surface area (Å²) in [6, 6.07) is 0. The molecule has 0 aromatic rings. The highest BCUT2D eigenvalue weighted by atomic mass is 31.2. The van der Waals surface area contributed by atoms with Crippen molar-refractivity contribution in [3.8, 4) is 0 Å². The lowest BCUT2D eigenvalue weighted by molar-refractivity contribution is 0.279. The van der Waals surface area contributed by atoms with Crippen LogP contribution in [0.4, 0.5) is 0 Å². The summed E-state index contributed by atoms with van der Waals surface area (Å²) < 4.78 is 17.5. The highest BCUT2D eigenvalue weighted by Gasteiger charge is 2.32. The van der Waals surface area contributed by atoms with Crippen LogP contribution in [0.15, 0.2) is 0 Å². The van der Waals surface area contributed by atoms with Gasteiger partial charge in [-0.3, -0.25) is 4.57 Å². The fourth-order valence-electron chi connectivity index (χ4n) is 0.656. The molecule has 3 heteroatoms. The van der Waals surface area contributed by atoms with Crippen LogP contribution >= 0.6 is 7.37 Å². The molecule has 0 rings (SSSR count). The Balaban J connectivity index is 3.99. The van der Waals surface area contributed by atoms with Gasteiger partial charge in [0.1, 0.15) is 0 Å². The highest BCUT2D eigenvalue weighted by Crippen LogP contribution is 2.55. The molecular weight excluding hydrogens is 183 g/mol. The third kappa shape index (κ3) is 4.83. The third-order valence-electron chi connectivity index (χ3n) is 2.25. The van der Waals surface area contributed by atoms with Crippen LogP contribution in [0.2, 0.25) is 0 Å². The maximum atomic E-state index is 12.0. The van der Waals surface area contributed by atoms with Crippen molar-refractivity contribution >= 4 is 7.37 Å². The normalized spacial score (nSPS) is 17.5. The van der Waals surface area contributed by atoms with E-state index in [1.165, 1.54) is 0 Å². The lowest BCUT2D eigenvalue weighted by atomic mass is 10.2. The molecule has 0 heterocycles. The first-order valence-electron chi connectivity index (χ1n) is 4.89. The zero-order valence-electron chi connectivity index (χ0n) is 9.76. The molecule has 0 saturated carbocycles. The van der Waals surface area contributed by atoms with Crippen LogP contribution in [0.25, 0.3) is 0 Å². The minimum Gasteiger partial charge on any atom is -0.328 e. The van der Waals surface area contributed by atoms with Gasteiger partial charge in [-0.25, -0.2) is 0 Å². The smallest absolute Gasteiger partial charge is 0.205 e. The van der Waals surface area contributed by atoms with Gasteiger partial charge in [0.05, 0.1) is 6.61 Å². The van der Waals surface area contributed by atoms with Gasteiger partial charge < -0.3 is 4.52 Å². The Morgan fingerprint density at radius 2 is 1.77 bits per heavy atom. The predicted molar refractivity (Wildman–Crippen MR) is 58.7 cm³/mol. The molecule has 0 radical (unpaired) electrons. The van der Waals surface area contributed by atoms with E-state index in [1.807, 2.05) is 20.8 Å². The number of hydrogen-bond acceptors (Lipinski definition) is 2. The topological polar surface area (TPSA) is 26.3 Å². The van der Waals surface area contributed by atoms with Crippen molar-refractivity contribution in [3.05, 3.63) is 0 Å². The van der Waals surface area contributed by atoms with Crippen molar-refractivity contribution in [1.29, 1.82) is 0 Å². The first-order valence-corrected chi connectivity index (χ1v) is 6.96. The van der Waals surface area contributed by atoms with Gasteiger partial charge in [0.25, 0.3) is 0 Å². The second kappa shape index (κ2) is 4.61.